The second-order valence-corrected chi connectivity index (χ2v) is 4.08. The number of thioether (sulfide) groups is 1. The van der Waals surface area contributed by atoms with Gasteiger partial charge in [0.2, 0.25) is 0 Å². The van der Waals surface area contributed by atoms with Crippen LogP contribution in [-0.4, -0.2) is 16.8 Å². The van der Waals surface area contributed by atoms with Gasteiger partial charge in [-0.15, -0.1) is 11.8 Å². The van der Waals surface area contributed by atoms with Gasteiger partial charge >= 0.3 is 5.97 Å². The molecule has 0 aromatic heterocycles. The number of carboxylic acid groups (broad SMARTS) is 1. The summed E-state index contributed by atoms with van der Waals surface area (Å²) in [4.78, 5) is 11.7. The second kappa shape index (κ2) is 2.96. The summed E-state index contributed by atoms with van der Waals surface area (Å²) in [5.74, 6) is 0.0878. The highest BCUT2D eigenvalue weighted by molar-refractivity contribution is 7.99. The van der Waals surface area contributed by atoms with Crippen LogP contribution in [0.25, 0.3) is 0 Å². The van der Waals surface area contributed by atoms with Crippen LogP contribution in [0.15, 0.2) is 17.0 Å². The van der Waals surface area contributed by atoms with Gasteiger partial charge in [-0.25, -0.2) is 4.79 Å². The molecule has 1 aromatic rings. The third-order valence-corrected chi connectivity index (χ3v) is 3.18. The smallest absolute Gasteiger partial charge is 0.335 e. The van der Waals surface area contributed by atoms with E-state index < -0.39 is 5.97 Å². The third-order valence-electron chi connectivity index (χ3n) is 2.10. The van der Waals surface area contributed by atoms with Crippen molar-refractivity contribution in [3.05, 3.63) is 23.3 Å². The molecule has 1 aliphatic heterocycles. The standard InChI is InChI=1S/C9H9NO2S/c10-7-3-5(9(11)12)4-8-6(7)1-2-13-8/h3-4H,1-2,10H2,(H,11,12). The third kappa shape index (κ3) is 1.37. The molecule has 0 aliphatic carbocycles. The van der Waals surface area contributed by atoms with Gasteiger partial charge in [-0.05, 0) is 24.1 Å². The number of hydrogen-bond acceptors (Lipinski definition) is 3. The summed E-state index contributed by atoms with van der Waals surface area (Å²) in [6.45, 7) is 0. The zero-order valence-corrected chi connectivity index (χ0v) is 7.73. The highest BCUT2D eigenvalue weighted by atomic mass is 32.2. The lowest BCUT2D eigenvalue weighted by Crippen LogP contribution is -2.00. The minimum atomic E-state index is -0.915. The van der Waals surface area contributed by atoms with E-state index in [1.54, 1.807) is 17.8 Å². The zero-order valence-electron chi connectivity index (χ0n) is 6.91. The Kier molecular flexibility index (Phi) is 1.92. The number of fused-ring (bicyclic) bond motifs is 1. The maximum atomic E-state index is 10.7. The van der Waals surface area contributed by atoms with Gasteiger partial charge in [0.15, 0.2) is 0 Å². The molecule has 68 valence electrons. The van der Waals surface area contributed by atoms with Gasteiger partial charge < -0.3 is 10.8 Å². The molecule has 0 fully saturated rings. The molecule has 0 bridgehead atoms. The molecule has 2 rings (SSSR count). The van der Waals surface area contributed by atoms with Crippen LogP contribution in [-0.2, 0) is 6.42 Å². The summed E-state index contributed by atoms with van der Waals surface area (Å²) < 4.78 is 0. The fourth-order valence-electron chi connectivity index (χ4n) is 1.45. The molecular weight excluding hydrogens is 186 g/mol. The molecule has 0 saturated carbocycles. The van der Waals surface area contributed by atoms with Crippen molar-refractivity contribution in [3.63, 3.8) is 0 Å². The van der Waals surface area contributed by atoms with E-state index >= 15 is 0 Å². The molecule has 0 saturated heterocycles. The maximum Gasteiger partial charge on any atom is 0.335 e. The Bertz CT molecular complexity index is 376. The number of carbonyl (C=O) groups is 1. The maximum absolute atomic E-state index is 10.7. The van der Waals surface area contributed by atoms with Crippen LogP contribution in [0.2, 0.25) is 0 Å². The van der Waals surface area contributed by atoms with Gasteiger partial charge in [0.1, 0.15) is 0 Å². The number of benzene rings is 1. The molecule has 0 radical (unpaired) electrons. The first kappa shape index (κ1) is 8.44. The number of anilines is 1. The minimum absolute atomic E-state index is 0.283. The summed E-state index contributed by atoms with van der Waals surface area (Å²) in [6.07, 6.45) is 0.950. The van der Waals surface area contributed by atoms with Crippen molar-refractivity contribution in [2.45, 2.75) is 11.3 Å². The summed E-state index contributed by atoms with van der Waals surface area (Å²) in [6, 6.07) is 3.23. The van der Waals surface area contributed by atoms with E-state index in [0.717, 1.165) is 22.6 Å². The predicted octanol–water partition coefficient (Wildman–Crippen LogP) is 1.62. The van der Waals surface area contributed by atoms with Gasteiger partial charge in [0, 0.05) is 16.3 Å². The van der Waals surface area contributed by atoms with Gasteiger partial charge in [-0.3, -0.25) is 0 Å². The molecule has 0 unspecified atom stereocenters. The Morgan fingerprint density at radius 1 is 1.54 bits per heavy atom. The normalized spacial score (nSPS) is 14.2. The molecule has 3 N–H and O–H groups in total. The molecule has 13 heavy (non-hydrogen) atoms. The molecule has 0 spiro atoms. The lowest BCUT2D eigenvalue weighted by molar-refractivity contribution is 0.0696. The Morgan fingerprint density at radius 2 is 2.31 bits per heavy atom. The van der Waals surface area contributed by atoms with Gasteiger partial charge in [-0.2, -0.15) is 0 Å². The summed E-state index contributed by atoms with van der Waals surface area (Å²) in [7, 11) is 0. The van der Waals surface area contributed by atoms with Crippen LogP contribution in [0.3, 0.4) is 0 Å². The van der Waals surface area contributed by atoms with Crippen LogP contribution in [0.4, 0.5) is 5.69 Å². The van der Waals surface area contributed by atoms with Gasteiger partial charge in [0.25, 0.3) is 0 Å². The summed E-state index contributed by atoms with van der Waals surface area (Å²) in [5, 5.41) is 8.78. The van der Waals surface area contributed by atoms with Crippen LogP contribution >= 0.6 is 11.8 Å². The number of hydrogen-bond donors (Lipinski definition) is 2. The van der Waals surface area contributed by atoms with Crippen molar-refractivity contribution in [1.82, 2.24) is 0 Å². The van der Waals surface area contributed by atoms with E-state index in [9.17, 15) is 4.79 Å². The molecule has 1 heterocycles. The van der Waals surface area contributed by atoms with E-state index in [0.29, 0.717) is 5.69 Å². The first-order chi connectivity index (χ1) is 6.18. The Morgan fingerprint density at radius 3 is 3.00 bits per heavy atom. The summed E-state index contributed by atoms with van der Waals surface area (Å²) in [5.41, 5.74) is 7.73. The molecule has 4 heteroatoms. The molecule has 0 atom stereocenters. The molecule has 3 nitrogen and oxygen atoms in total. The lowest BCUT2D eigenvalue weighted by Gasteiger charge is -2.04. The van der Waals surface area contributed by atoms with Crippen molar-refractivity contribution in [2.24, 2.45) is 0 Å². The number of carboxylic acids is 1. The highest BCUT2D eigenvalue weighted by Crippen LogP contribution is 2.35. The van der Waals surface area contributed by atoms with Crippen molar-refractivity contribution >= 4 is 23.4 Å². The van der Waals surface area contributed by atoms with Gasteiger partial charge in [-0.1, -0.05) is 0 Å². The number of nitrogen functional groups attached to an aromatic ring is 1. The van der Waals surface area contributed by atoms with Gasteiger partial charge in [0.05, 0.1) is 5.56 Å². The average Bonchev–Trinajstić information content (AvgIpc) is 2.51. The highest BCUT2D eigenvalue weighted by Gasteiger charge is 2.17. The summed E-state index contributed by atoms with van der Waals surface area (Å²) >= 11 is 1.67. The van der Waals surface area contributed by atoms with E-state index in [2.05, 4.69) is 0 Å². The minimum Gasteiger partial charge on any atom is -0.478 e. The quantitative estimate of drug-likeness (QED) is 0.668. The molecule has 1 aromatic carbocycles. The number of nitrogens with two attached hydrogens (primary N) is 1. The SMILES string of the molecule is Nc1cc(C(=O)O)cc2c1CCS2. The first-order valence-electron chi connectivity index (χ1n) is 3.97. The Balaban J connectivity index is 2.55. The van der Waals surface area contributed by atoms with E-state index in [-0.39, 0.29) is 5.56 Å². The van der Waals surface area contributed by atoms with E-state index in [4.69, 9.17) is 10.8 Å². The van der Waals surface area contributed by atoms with E-state index in [1.165, 1.54) is 6.07 Å². The largest absolute Gasteiger partial charge is 0.478 e. The average molecular weight is 195 g/mol. The van der Waals surface area contributed by atoms with Crippen LogP contribution in [0.5, 0.6) is 0 Å². The molecular formula is C9H9NO2S. The fourth-order valence-corrected chi connectivity index (χ4v) is 2.58. The fraction of sp³-hybridized carbons (Fsp3) is 0.222. The molecule has 1 aliphatic rings. The molecule has 0 amide bonds. The number of rotatable bonds is 1. The van der Waals surface area contributed by atoms with Crippen LogP contribution in [0, 0.1) is 0 Å². The second-order valence-electron chi connectivity index (χ2n) is 2.95. The first-order valence-corrected chi connectivity index (χ1v) is 4.95. The van der Waals surface area contributed by atoms with Crippen molar-refractivity contribution in [3.8, 4) is 0 Å². The number of aromatic carboxylic acids is 1. The lowest BCUT2D eigenvalue weighted by atomic mass is 10.1. The van der Waals surface area contributed by atoms with Crippen molar-refractivity contribution < 1.29 is 9.90 Å². The van der Waals surface area contributed by atoms with Crippen LogP contribution < -0.4 is 5.73 Å². The van der Waals surface area contributed by atoms with Crippen LogP contribution in [0.1, 0.15) is 15.9 Å². The predicted molar refractivity (Wildman–Crippen MR) is 52.2 cm³/mol. The zero-order chi connectivity index (χ0) is 9.42. The monoisotopic (exact) mass is 195 g/mol. The Hall–Kier alpha value is -1.16. The van der Waals surface area contributed by atoms with E-state index in [1.807, 2.05) is 0 Å². The Labute approximate surface area is 79.9 Å². The topological polar surface area (TPSA) is 63.3 Å². The van der Waals surface area contributed by atoms with Crippen molar-refractivity contribution in [1.29, 1.82) is 0 Å². The van der Waals surface area contributed by atoms with Crippen molar-refractivity contribution in [2.75, 3.05) is 11.5 Å².